The molecule has 1 heterocycles. The van der Waals surface area contributed by atoms with Gasteiger partial charge in [0.1, 0.15) is 0 Å². The summed E-state index contributed by atoms with van der Waals surface area (Å²) in [6.45, 7) is 0.721. The van der Waals surface area contributed by atoms with Gasteiger partial charge in [-0.2, -0.15) is 0 Å². The van der Waals surface area contributed by atoms with E-state index < -0.39 is 11.9 Å². The Kier molecular flexibility index (Phi) is 5.08. The van der Waals surface area contributed by atoms with Crippen LogP contribution in [0.3, 0.4) is 0 Å². The fraction of sp³-hybridized carbons (Fsp3) is 0.500. The van der Waals surface area contributed by atoms with Crippen molar-refractivity contribution in [1.29, 1.82) is 0 Å². The summed E-state index contributed by atoms with van der Waals surface area (Å²) in [5, 5.41) is 10.2. The van der Waals surface area contributed by atoms with Gasteiger partial charge in [-0.05, 0) is 43.4 Å². The number of rotatable bonds is 4. The molecule has 1 N–H and O–H groups in total. The lowest BCUT2D eigenvalue weighted by Crippen LogP contribution is -2.25. The van der Waals surface area contributed by atoms with E-state index >= 15 is 0 Å². The lowest BCUT2D eigenvalue weighted by Gasteiger charge is -2.25. The zero-order chi connectivity index (χ0) is 13.8. The maximum atomic E-state index is 11.4. The highest BCUT2D eigenvalue weighted by Crippen LogP contribution is 2.31. The minimum Gasteiger partial charge on any atom is -0.481 e. The molecule has 2 unspecified atom stereocenters. The number of benzene rings is 1. The number of aliphatic carboxylic acids is 1. The van der Waals surface area contributed by atoms with Crippen molar-refractivity contribution in [2.45, 2.75) is 37.7 Å². The second kappa shape index (κ2) is 6.60. The van der Waals surface area contributed by atoms with Crippen LogP contribution in [0.5, 0.6) is 0 Å². The summed E-state index contributed by atoms with van der Waals surface area (Å²) in [5.74, 6) is -1.45. The van der Waals surface area contributed by atoms with Crippen molar-refractivity contribution in [3.05, 3.63) is 33.8 Å². The van der Waals surface area contributed by atoms with E-state index in [2.05, 4.69) is 0 Å². The molecule has 2 rings (SSSR count). The SMILES string of the molecule is O=C(O)C(CC1CCCCO1)c1ccc(Cl)c(Cl)c1. The van der Waals surface area contributed by atoms with Crippen molar-refractivity contribution in [1.82, 2.24) is 0 Å². The van der Waals surface area contributed by atoms with Crippen molar-refractivity contribution in [2.75, 3.05) is 6.61 Å². The first-order chi connectivity index (χ1) is 9.08. The second-order valence-corrected chi connectivity index (χ2v) is 5.60. The average molecular weight is 303 g/mol. The molecule has 0 radical (unpaired) electrons. The van der Waals surface area contributed by atoms with Crippen molar-refractivity contribution in [3.8, 4) is 0 Å². The summed E-state index contributed by atoms with van der Waals surface area (Å²) in [4.78, 5) is 11.4. The van der Waals surface area contributed by atoms with Gasteiger partial charge in [-0.1, -0.05) is 29.3 Å². The monoisotopic (exact) mass is 302 g/mol. The van der Waals surface area contributed by atoms with E-state index in [0.717, 1.165) is 25.9 Å². The Hall–Kier alpha value is -0.770. The first-order valence-corrected chi connectivity index (χ1v) is 7.13. The number of hydrogen-bond donors (Lipinski definition) is 1. The number of carboxylic acid groups (broad SMARTS) is 1. The predicted octanol–water partition coefficient (Wildman–Crippen LogP) is 4.12. The fourth-order valence-corrected chi connectivity index (χ4v) is 2.67. The first-order valence-electron chi connectivity index (χ1n) is 6.37. The zero-order valence-electron chi connectivity index (χ0n) is 10.4. The lowest BCUT2D eigenvalue weighted by atomic mass is 9.91. The van der Waals surface area contributed by atoms with E-state index in [1.165, 1.54) is 0 Å². The number of ether oxygens (including phenoxy) is 1. The molecule has 0 saturated carbocycles. The Morgan fingerprint density at radius 3 is 2.74 bits per heavy atom. The molecule has 0 aliphatic carbocycles. The Morgan fingerprint density at radius 1 is 1.37 bits per heavy atom. The van der Waals surface area contributed by atoms with E-state index in [9.17, 15) is 9.90 Å². The largest absolute Gasteiger partial charge is 0.481 e. The van der Waals surface area contributed by atoms with Crippen LogP contribution in [0.1, 0.15) is 37.2 Å². The van der Waals surface area contributed by atoms with E-state index in [0.29, 0.717) is 22.0 Å². The minimum atomic E-state index is -0.854. The third-order valence-electron chi connectivity index (χ3n) is 3.42. The normalized spacial score (nSPS) is 21.1. The number of carboxylic acids is 1. The third-order valence-corrected chi connectivity index (χ3v) is 4.16. The van der Waals surface area contributed by atoms with Crippen LogP contribution in [-0.4, -0.2) is 23.8 Å². The van der Waals surface area contributed by atoms with E-state index in [1.807, 2.05) is 0 Å². The van der Waals surface area contributed by atoms with Crippen LogP contribution in [0, 0.1) is 0 Å². The molecule has 0 aromatic heterocycles. The topological polar surface area (TPSA) is 46.5 Å². The van der Waals surface area contributed by atoms with E-state index in [1.54, 1.807) is 18.2 Å². The van der Waals surface area contributed by atoms with E-state index in [-0.39, 0.29) is 6.10 Å². The Bertz CT molecular complexity index is 456. The van der Waals surface area contributed by atoms with Crippen molar-refractivity contribution in [3.63, 3.8) is 0 Å². The number of halogens is 2. The predicted molar refractivity (Wildman–Crippen MR) is 75.0 cm³/mol. The zero-order valence-corrected chi connectivity index (χ0v) is 12.0. The van der Waals surface area contributed by atoms with Crippen molar-refractivity contribution in [2.24, 2.45) is 0 Å². The molecule has 1 aliphatic rings. The second-order valence-electron chi connectivity index (χ2n) is 4.79. The van der Waals surface area contributed by atoms with Gasteiger partial charge in [0, 0.05) is 6.61 Å². The smallest absolute Gasteiger partial charge is 0.311 e. The molecule has 2 atom stereocenters. The van der Waals surface area contributed by atoms with Gasteiger partial charge in [0.15, 0.2) is 0 Å². The van der Waals surface area contributed by atoms with Gasteiger partial charge < -0.3 is 9.84 Å². The molecule has 104 valence electrons. The van der Waals surface area contributed by atoms with Crippen LogP contribution in [0.25, 0.3) is 0 Å². The van der Waals surface area contributed by atoms with Gasteiger partial charge in [-0.15, -0.1) is 0 Å². The van der Waals surface area contributed by atoms with Crippen LogP contribution >= 0.6 is 23.2 Å². The maximum Gasteiger partial charge on any atom is 0.311 e. The Labute approximate surface area is 122 Å². The number of carbonyl (C=O) groups is 1. The summed E-state index contributed by atoms with van der Waals surface area (Å²) in [5.41, 5.74) is 0.677. The van der Waals surface area contributed by atoms with Gasteiger partial charge in [-0.3, -0.25) is 4.79 Å². The van der Waals surface area contributed by atoms with Gasteiger partial charge in [0.25, 0.3) is 0 Å². The summed E-state index contributed by atoms with van der Waals surface area (Å²) in [7, 11) is 0. The molecule has 1 fully saturated rings. The van der Waals surface area contributed by atoms with Gasteiger partial charge in [0.2, 0.25) is 0 Å². The summed E-state index contributed by atoms with van der Waals surface area (Å²) in [6, 6.07) is 4.98. The maximum absolute atomic E-state index is 11.4. The van der Waals surface area contributed by atoms with Crippen LogP contribution in [0.15, 0.2) is 18.2 Å². The molecule has 19 heavy (non-hydrogen) atoms. The molecule has 0 amide bonds. The summed E-state index contributed by atoms with van der Waals surface area (Å²) in [6.07, 6.45) is 3.57. The minimum absolute atomic E-state index is 0.0179. The molecular weight excluding hydrogens is 287 g/mol. The van der Waals surface area contributed by atoms with Crippen molar-refractivity contribution < 1.29 is 14.6 Å². The highest BCUT2D eigenvalue weighted by atomic mass is 35.5. The fourth-order valence-electron chi connectivity index (χ4n) is 2.36. The molecule has 3 nitrogen and oxygen atoms in total. The molecule has 1 saturated heterocycles. The number of hydrogen-bond acceptors (Lipinski definition) is 2. The Morgan fingerprint density at radius 2 is 2.16 bits per heavy atom. The van der Waals surface area contributed by atoms with Gasteiger partial charge in [0.05, 0.1) is 22.1 Å². The van der Waals surface area contributed by atoms with E-state index in [4.69, 9.17) is 27.9 Å². The molecular formula is C14H16Cl2O3. The summed E-state index contributed by atoms with van der Waals surface area (Å²) < 4.78 is 5.61. The van der Waals surface area contributed by atoms with Crippen LogP contribution in [0.2, 0.25) is 10.0 Å². The van der Waals surface area contributed by atoms with Crippen LogP contribution in [-0.2, 0) is 9.53 Å². The highest BCUT2D eigenvalue weighted by Gasteiger charge is 2.26. The molecule has 5 heteroatoms. The molecule has 1 aromatic rings. The molecule has 1 aliphatic heterocycles. The third kappa shape index (κ3) is 3.85. The lowest BCUT2D eigenvalue weighted by molar-refractivity contribution is -0.140. The molecule has 0 spiro atoms. The Balaban J connectivity index is 2.14. The first kappa shape index (κ1) is 14.6. The standard InChI is InChI=1S/C14H16Cl2O3/c15-12-5-4-9(7-13(12)16)11(14(17)18)8-10-3-1-2-6-19-10/h4-5,7,10-11H,1-3,6,8H2,(H,17,18). The quantitative estimate of drug-likeness (QED) is 0.910. The average Bonchev–Trinajstić information content (AvgIpc) is 2.40. The van der Waals surface area contributed by atoms with Gasteiger partial charge >= 0.3 is 5.97 Å². The summed E-state index contributed by atoms with van der Waals surface area (Å²) >= 11 is 11.8. The van der Waals surface area contributed by atoms with Gasteiger partial charge in [-0.25, -0.2) is 0 Å². The molecule has 1 aromatic carbocycles. The van der Waals surface area contributed by atoms with Crippen LogP contribution < -0.4 is 0 Å². The molecule has 0 bridgehead atoms. The van der Waals surface area contributed by atoms with Crippen LogP contribution in [0.4, 0.5) is 0 Å². The highest BCUT2D eigenvalue weighted by molar-refractivity contribution is 6.42. The van der Waals surface area contributed by atoms with Crippen molar-refractivity contribution >= 4 is 29.2 Å².